The van der Waals surface area contributed by atoms with Gasteiger partial charge in [-0.25, -0.2) is 0 Å². The minimum absolute atomic E-state index is 0.0330. The summed E-state index contributed by atoms with van der Waals surface area (Å²) in [4.78, 5) is 17.1. The lowest BCUT2D eigenvalue weighted by molar-refractivity contribution is -0.119. The lowest BCUT2D eigenvalue weighted by Gasteiger charge is -2.37. The van der Waals surface area contributed by atoms with E-state index in [2.05, 4.69) is 11.1 Å². The van der Waals surface area contributed by atoms with E-state index in [4.69, 9.17) is 9.47 Å². The number of carbonyl (C=O) groups is 1. The molecule has 5 nitrogen and oxygen atoms in total. The number of hydrogen-bond acceptors (Lipinski definition) is 5. The quantitative estimate of drug-likeness (QED) is 0.601. The normalized spacial score (nSPS) is 22.1. The molecule has 1 aliphatic carbocycles. The van der Waals surface area contributed by atoms with Gasteiger partial charge in [-0.3, -0.25) is 4.79 Å². The molecule has 3 rings (SSSR count). The number of hydrogen-bond donors (Lipinski definition) is 0. The van der Waals surface area contributed by atoms with Crippen LogP contribution in [0.2, 0.25) is 0 Å². The Hall–Kier alpha value is -2.87. The number of ketones is 1. The second-order valence-corrected chi connectivity index (χ2v) is 7.24. The molecule has 0 aromatic heterocycles. The van der Waals surface area contributed by atoms with Gasteiger partial charge in [-0.05, 0) is 17.9 Å². The van der Waals surface area contributed by atoms with Crippen LogP contribution in [0.1, 0.15) is 45.1 Å². The lowest BCUT2D eigenvalue weighted by Crippen LogP contribution is -2.32. The van der Waals surface area contributed by atoms with Crippen molar-refractivity contribution in [1.82, 2.24) is 0 Å². The van der Waals surface area contributed by atoms with Crippen molar-refractivity contribution in [1.29, 1.82) is 5.26 Å². The monoisotopic (exact) mass is 350 g/mol. The van der Waals surface area contributed by atoms with E-state index in [1.807, 2.05) is 51.1 Å². The number of nitrogens with zero attached hydrogens (tertiary/aromatic N) is 2. The topological polar surface area (TPSA) is 71.7 Å². The van der Waals surface area contributed by atoms with Crippen molar-refractivity contribution in [2.24, 2.45) is 10.4 Å². The highest BCUT2D eigenvalue weighted by atomic mass is 16.5. The van der Waals surface area contributed by atoms with Gasteiger partial charge in [-0.1, -0.05) is 44.2 Å². The molecule has 1 aromatic rings. The van der Waals surface area contributed by atoms with Gasteiger partial charge >= 0.3 is 0 Å². The van der Waals surface area contributed by atoms with Crippen molar-refractivity contribution in [2.75, 3.05) is 6.61 Å². The SMILES string of the molecule is CCOC=NC1=C(C#N)[C@H](c2ccccc2)C2=C(CC(C)(C)CC2=O)O1. The summed E-state index contributed by atoms with van der Waals surface area (Å²) in [6.45, 7) is 6.41. The molecule has 0 amide bonds. The number of ether oxygens (including phenoxy) is 2. The minimum Gasteiger partial charge on any atom is -0.483 e. The second kappa shape index (κ2) is 7.17. The fourth-order valence-electron chi connectivity index (χ4n) is 3.48. The maximum atomic E-state index is 12.9. The first-order valence-electron chi connectivity index (χ1n) is 8.74. The first-order chi connectivity index (χ1) is 12.5. The second-order valence-electron chi connectivity index (χ2n) is 7.24. The fourth-order valence-corrected chi connectivity index (χ4v) is 3.48. The third kappa shape index (κ3) is 3.41. The Morgan fingerprint density at radius 2 is 2.08 bits per heavy atom. The standard InChI is InChI=1S/C21H22N2O3/c1-4-25-13-23-20-15(12-22)18(14-8-6-5-7-9-14)19-16(24)10-21(2,3)11-17(19)26-20/h5-9,13,18H,4,10-11H2,1-3H3/t18-/m0/s1. The van der Waals surface area contributed by atoms with Crippen LogP contribution in [0.3, 0.4) is 0 Å². The molecule has 0 bridgehead atoms. The van der Waals surface area contributed by atoms with E-state index in [9.17, 15) is 10.1 Å². The molecule has 0 radical (unpaired) electrons. The van der Waals surface area contributed by atoms with E-state index in [1.54, 1.807) is 0 Å². The predicted octanol–water partition coefficient (Wildman–Crippen LogP) is 4.24. The van der Waals surface area contributed by atoms with E-state index < -0.39 is 5.92 Å². The summed E-state index contributed by atoms with van der Waals surface area (Å²) in [5.74, 6) is 0.398. The van der Waals surface area contributed by atoms with Crippen LogP contribution >= 0.6 is 0 Å². The molecule has 134 valence electrons. The van der Waals surface area contributed by atoms with E-state index in [-0.39, 0.29) is 17.1 Å². The van der Waals surface area contributed by atoms with Crippen LogP contribution in [0.25, 0.3) is 0 Å². The third-order valence-corrected chi connectivity index (χ3v) is 4.57. The van der Waals surface area contributed by atoms with Gasteiger partial charge in [-0.2, -0.15) is 10.3 Å². The third-order valence-electron chi connectivity index (χ3n) is 4.57. The molecule has 0 spiro atoms. The Morgan fingerprint density at radius 1 is 1.35 bits per heavy atom. The molecule has 0 N–H and O–H groups in total. The molecule has 0 saturated carbocycles. The fraction of sp³-hybridized carbons (Fsp3) is 0.381. The minimum atomic E-state index is -0.456. The Balaban J connectivity index is 2.15. The molecule has 0 unspecified atom stereocenters. The number of aliphatic imine (C=N–C) groups is 1. The van der Waals surface area contributed by atoms with Gasteiger partial charge < -0.3 is 9.47 Å². The van der Waals surface area contributed by atoms with Crippen molar-refractivity contribution >= 4 is 12.2 Å². The highest BCUT2D eigenvalue weighted by Crippen LogP contribution is 2.48. The van der Waals surface area contributed by atoms with Gasteiger partial charge in [-0.15, -0.1) is 0 Å². The maximum Gasteiger partial charge on any atom is 0.236 e. The Morgan fingerprint density at radius 3 is 2.73 bits per heavy atom. The van der Waals surface area contributed by atoms with Gasteiger partial charge in [0.2, 0.25) is 5.88 Å². The summed E-state index contributed by atoms with van der Waals surface area (Å²) < 4.78 is 11.1. The number of Topliss-reactive ketones (excluding diaryl/α,β-unsaturated/α-hetero) is 1. The van der Waals surface area contributed by atoms with E-state index >= 15 is 0 Å². The van der Waals surface area contributed by atoms with E-state index in [0.717, 1.165) is 5.56 Å². The average molecular weight is 350 g/mol. The van der Waals surface area contributed by atoms with Gasteiger partial charge in [0, 0.05) is 18.4 Å². The smallest absolute Gasteiger partial charge is 0.236 e. The number of carbonyl (C=O) groups excluding carboxylic acids is 1. The average Bonchev–Trinajstić information content (AvgIpc) is 2.60. The Bertz CT molecular complexity index is 842. The van der Waals surface area contributed by atoms with E-state index in [0.29, 0.717) is 36.4 Å². The maximum absolute atomic E-state index is 12.9. The first kappa shape index (κ1) is 17.9. The zero-order chi connectivity index (χ0) is 18.7. The van der Waals surface area contributed by atoms with Gasteiger partial charge in [0.25, 0.3) is 0 Å². The van der Waals surface area contributed by atoms with Gasteiger partial charge in [0.15, 0.2) is 12.2 Å². The molecule has 26 heavy (non-hydrogen) atoms. The first-order valence-corrected chi connectivity index (χ1v) is 8.74. The molecular weight excluding hydrogens is 328 g/mol. The van der Waals surface area contributed by atoms with Crippen molar-refractivity contribution in [3.8, 4) is 6.07 Å². The summed E-state index contributed by atoms with van der Waals surface area (Å²) in [6, 6.07) is 11.8. The molecule has 0 saturated heterocycles. The van der Waals surface area contributed by atoms with Crippen LogP contribution in [-0.2, 0) is 14.3 Å². The molecule has 0 fully saturated rings. The van der Waals surface area contributed by atoms with Gasteiger partial charge in [0.05, 0.1) is 12.5 Å². The summed E-state index contributed by atoms with van der Waals surface area (Å²) in [5.41, 5.74) is 1.62. The summed E-state index contributed by atoms with van der Waals surface area (Å²) in [7, 11) is 0. The molecule has 1 aliphatic heterocycles. The summed E-state index contributed by atoms with van der Waals surface area (Å²) in [6.07, 6.45) is 2.36. The number of rotatable bonds is 4. The van der Waals surface area contributed by atoms with Crippen molar-refractivity contribution in [3.05, 3.63) is 58.7 Å². The zero-order valence-corrected chi connectivity index (χ0v) is 15.3. The molecule has 2 aliphatic rings. The Labute approximate surface area is 153 Å². The summed E-state index contributed by atoms with van der Waals surface area (Å²) >= 11 is 0. The molecule has 1 aromatic carbocycles. The Kier molecular flexibility index (Phi) is 4.94. The van der Waals surface area contributed by atoms with E-state index in [1.165, 1.54) is 6.40 Å². The van der Waals surface area contributed by atoms with Crippen LogP contribution in [0.4, 0.5) is 0 Å². The number of allylic oxidation sites excluding steroid dienone is 3. The van der Waals surface area contributed by atoms with Crippen LogP contribution in [0, 0.1) is 16.7 Å². The van der Waals surface area contributed by atoms with Crippen LogP contribution in [0.15, 0.2) is 58.1 Å². The van der Waals surface area contributed by atoms with Crippen LogP contribution in [-0.4, -0.2) is 18.8 Å². The molecular formula is C21H22N2O3. The van der Waals surface area contributed by atoms with Crippen molar-refractivity contribution in [2.45, 2.75) is 39.5 Å². The lowest BCUT2D eigenvalue weighted by atomic mass is 9.70. The number of nitriles is 1. The summed E-state index contributed by atoms with van der Waals surface area (Å²) in [5, 5.41) is 9.79. The van der Waals surface area contributed by atoms with Crippen molar-refractivity contribution < 1.29 is 14.3 Å². The van der Waals surface area contributed by atoms with Gasteiger partial charge in [0.1, 0.15) is 17.4 Å². The van der Waals surface area contributed by atoms with Crippen LogP contribution < -0.4 is 0 Å². The zero-order valence-electron chi connectivity index (χ0n) is 15.3. The molecule has 5 heteroatoms. The largest absolute Gasteiger partial charge is 0.483 e. The number of benzene rings is 1. The highest BCUT2D eigenvalue weighted by molar-refractivity contribution is 6.00. The highest BCUT2D eigenvalue weighted by Gasteiger charge is 2.43. The molecule has 1 heterocycles. The molecule has 1 atom stereocenters. The van der Waals surface area contributed by atoms with Crippen LogP contribution in [0.5, 0.6) is 0 Å². The van der Waals surface area contributed by atoms with Crippen molar-refractivity contribution in [3.63, 3.8) is 0 Å². The predicted molar refractivity (Wildman–Crippen MR) is 98.1 cm³/mol.